The minimum absolute atomic E-state index is 0.500. The van der Waals surface area contributed by atoms with Gasteiger partial charge in [0.15, 0.2) is 0 Å². The lowest BCUT2D eigenvalue weighted by Gasteiger charge is -2.34. The summed E-state index contributed by atoms with van der Waals surface area (Å²) in [6.07, 6.45) is 5.67. The van der Waals surface area contributed by atoms with Crippen molar-refractivity contribution in [2.24, 2.45) is 0 Å². The van der Waals surface area contributed by atoms with Gasteiger partial charge in [-0.25, -0.2) is 0 Å². The molecule has 1 aromatic carbocycles. The zero-order chi connectivity index (χ0) is 17.5. The average Bonchev–Trinajstić information content (AvgIpc) is 3.08. The standard InChI is InChI=1S/C22H30N2O/c1-19(22-11-10-20(2)25-22)12-14-24-17-15-23(16-18-24)13-6-9-21-7-4-3-5-8-21/h3-11,19H,12-18H2,1-2H3/b9-6+/t19-/m1/s1. The molecule has 0 amide bonds. The Morgan fingerprint density at radius 2 is 1.72 bits per heavy atom. The summed E-state index contributed by atoms with van der Waals surface area (Å²) in [5, 5.41) is 0. The first-order chi connectivity index (χ1) is 12.2. The second-order valence-corrected chi connectivity index (χ2v) is 7.09. The van der Waals surface area contributed by atoms with E-state index in [2.05, 4.69) is 71.3 Å². The molecule has 0 N–H and O–H groups in total. The Morgan fingerprint density at radius 3 is 2.40 bits per heavy atom. The van der Waals surface area contributed by atoms with Crippen LogP contribution in [0, 0.1) is 6.92 Å². The molecule has 3 heteroatoms. The Bertz CT molecular complexity index is 654. The van der Waals surface area contributed by atoms with Crippen LogP contribution in [0.5, 0.6) is 0 Å². The molecule has 1 saturated heterocycles. The SMILES string of the molecule is Cc1ccc([C@H](C)CCN2CCN(C/C=C/c3ccccc3)CC2)o1. The van der Waals surface area contributed by atoms with Crippen molar-refractivity contribution in [3.05, 3.63) is 65.6 Å². The average molecular weight is 338 g/mol. The van der Waals surface area contributed by atoms with Gasteiger partial charge in [-0.15, -0.1) is 0 Å². The van der Waals surface area contributed by atoms with E-state index in [1.165, 1.54) is 25.1 Å². The normalized spacial score (nSPS) is 18.0. The molecule has 2 aromatic rings. The third kappa shape index (κ3) is 5.58. The van der Waals surface area contributed by atoms with Gasteiger partial charge in [0.2, 0.25) is 0 Å². The summed E-state index contributed by atoms with van der Waals surface area (Å²) in [6, 6.07) is 14.7. The number of furan rings is 1. The largest absolute Gasteiger partial charge is 0.466 e. The van der Waals surface area contributed by atoms with Gasteiger partial charge in [0.25, 0.3) is 0 Å². The van der Waals surface area contributed by atoms with Crippen molar-refractivity contribution in [1.82, 2.24) is 9.80 Å². The Morgan fingerprint density at radius 1 is 1.00 bits per heavy atom. The third-order valence-corrected chi connectivity index (χ3v) is 5.06. The van der Waals surface area contributed by atoms with Gasteiger partial charge in [-0.1, -0.05) is 49.4 Å². The molecule has 134 valence electrons. The smallest absolute Gasteiger partial charge is 0.107 e. The van der Waals surface area contributed by atoms with E-state index in [4.69, 9.17) is 4.42 Å². The lowest BCUT2D eigenvalue weighted by Crippen LogP contribution is -2.46. The summed E-state index contributed by atoms with van der Waals surface area (Å²) in [5.41, 5.74) is 1.28. The zero-order valence-corrected chi connectivity index (χ0v) is 15.5. The predicted molar refractivity (Wildman–Crippen MR) is 105 cm³/mol. The van der Waals surface area contributed by atoms with Crippen LogP contribution in [0.15, 0.2) is 53.0 Å². The van der Waals surface area contributed by atoms with Gasteiger partial charge in [0.05, 0.1) is 0 Å². The number of piperazine rings is 1. The van der Waals surface area contributed by atoms with Crippen molar-refractivity contribution in [2.75, 3.05) is 39.3 Å². The fourth-order valence-corrected chi connectivity index (χ4v) is 3.33. The Kier molecular flexibility index (Phi) is 6.48. The first-order valence-electron chi connectivity index (χ1n) is 9.43. The topological polar surface area (TPSA) is 19.6 Å². The second-order valence-electron chi connectivity index (χ2n) is 7.09. The lowest BCUT2D eigenvalue weighted by atomic mass is 10.0. The Balaban J connectivity index is 1.35. The van der Waals surface area contributed by atoms with Crippen molar-refractivity contribution in [3.8, 4) is 0 Å². The van der Waals surface area contributed by atoms with Crippen molar-refractivity contribution in [3.63, 3.8) is 0 Å². The first kappa shape index (κ1) is 18.0. The summed E-state index contributed by atoms with van der Waals surface area (Å²) in [6.45, 7) is 11.1. The highest BCUT2D eigenvalue weighted by molar-refractivity contribution is 5.48. The monoisotopic (exact) mass is 338 g/mol. The summed E-state index contributed by atoms with van der Waals surface area (Å²) in [5.74, 6) is 2.64. The number of hydrogen-bond donors (Lipinski definition) is 0. The summed E-state index contributed by atoms with van der Waals surface area (Å²) in [4.78, 5) is 5.12. The van der Waals surface area contributed by atoms with Crippen molar-refractivity contribution in [1.29, 1.82) is 0 Å². The third-order valence-electron chi connectivity index (χ3n) is 5.06. The molecule has 1 aliphatic heterocycles. The molecule has 3 rings (SSSR count). The number of hydrogen-bond acceptors (Lipinski definition) is 3. The van der Waals surface area contributed by atoms with Gasteiger partial charge in [-0.05, 0) is 37.6 Å². The predicted octanol–water partition coefficient (Wildman–Crippen LogP) is 4.41. The highest BCUT2D eigenvalue weighted by Crippen LogP contribution is 2.21. The fourth-order valence-electron chi connectivity index (χ4n) is 3.33. The quantitative estimate of drug-likeness (QED) is 0.745. The van der Waals surface area contributed by atoms with Crippen LogP contribution in [0.4, 0.5) is 0 Å². The van der Waals surface area contributed by atoms with E-state index in [1.54, 1.807) is 0 Å². The van der Waals surface area contributed by atoms with E-state index in [0.29, 0.717) is 5.92 Å². The van der Waals surface area contributed by atoms with E-state index in [9.17, 15) is 0 Å². The maximum absolute atomic E-state index is 5.75. The minimum atomic E-state index is 0.500. The maximum atomic E-state index is 5.75. The van der Waals surface area contributed by atoms with E-state index >= 15 is 0 Å². The van der Waals surface area contributed by atoms with Crippen molar-refractivity contribution >= 4 is 6.08 Å². The summed E-state index contributed by atoms with van der Waals surface area (Å²) >= 11 is 0. The van der Waals surface area contributed by atoms with E-state index in [0.717, 1.165) is 37.7 Å². The van der Waals surface area contributed by atoms with Gasteiger partial charge < -0.3 is 9.32 Å². The highest BCUT2D eigenvalue weighted by atomic mass is 16.3. The molecule has 0 unspecified atom stereocenters. The number of aryl methyl sites for hydroxylation is 1. The molecule has 0 saturated carbocycles. The fraction of sp³-hybridized carbons (Fsp3) is 0.455. The minimum Gasteiger partial charge on any atom is -0.466 e. The molecular weight excluding hydrogens is 308 g/mol. The molecule has 0 radical (unpaired) electrons. The molecule has 1 fully saturated rings. The van der Waals surface area contributed by atoms with Gasteiger partial charge in [-0.2, -0.15) is 0 Å². The lowest BCUT2D eigenvalue weighted by molar-refractivity contribution is 0.139. The molecule has 0 aliphatic carbocycles. The number of rotatable bonds is 7. The summed E-state index contributed by atoms with van der Waals surface area (Å²) < 4.78 is 5.75. The molecule has 25 heavy (non-hydrogen) atoms. The number of benzene rings is 1. The van der Waals surface area contributed by atoms with Gasteiger partial charge >= 0.3 is 0 Å². The molecule has 3 nitrogen and oxygen atoms in total. The van der Waals surface area contributed by atoms with Crippen LogP contribution in [-0.4, -0.2) is 49.1 Å². The van der Waals surface area contributed by atoms with E-state index in [-0.39, 0.29) is 0 Å². The van der Waals surface area contributed by atoms with Crippen LogP contribution < -0.4 is 0 Å². The molecule has 2 heterocycles. The first-order valence-corrected chi connectivity index (χ1v) is 9.43. The van der Waals surface area contributed by atoms with Crippen molar-refractivity contribution < 1.29 is 4.42 Å². The van der Waals surface area contributed by atoms with Gasteiger partial charge in [-0.3, -0.25) is 4.90 Å². The molecule has 1 atom stereocenters. The number of nitrogens with zero attached hydrogens (tertiary/aromatic N) is 2. The Hall–Kier alpha value is -1.84. The van der Waals surface area contributed by atoms with Crippen LogP contribution in [0.2, 0.25) is 0 Å². The molecular formula is C22H30N2O. The molecule has 1 aliphatic rings. The van der Waals surface area contributed by atoms with Crippen molar-refractivity contribution in [2.45, 2.75) is 26.2 Å². The van der Waals surface area contributed by atoms with Crippen LogP contribution in [0.3, 0.4) is 0 Å². The van der Waals surface area contributed by atoms with Crippen LogP contribution in [0.25, 0.3) is 6.08 Å². The van der Waals surface area contributed by atoms with Crippen LogP contribution in [-0.2, 0) is 0 Å². The highest BCUT2D eigenvalue weighted by Gasteiger charge is 2.17. The summed E-state index contributed by atoms with van der Waals surface area (Å²) in [7, 11) is 0. The maximum Gasteiger partial charge on any atom is 0.107 e. The molecule has 0 bridgehead atoms. The van der Waals surface area contributed by atoms with Crippen LogP contribution in [0.1, 0.15) is 36.3 Å². The Labute approximate surface area is 151 Å². The van der Waals surface area contributed by atoms with Crippen LogP contribution >= 0.6 is 0 Å². The molecule has 1 aromatic heterocycles. The second kappa shape index (κ2) is 9.02. The van der Waals surface area contributed by atoms with E-state index < -0.39 is 0 Å². The van der Waals surface area contributed by atoms with E-state index in [1.807, 2.05) is 6.92 Å². The van der Waals surface area contributed by atoms with Gasteiger partial charge in [0, 0.05) is 38.6 Å². The molecule has 0 spiro atoms. The van der Waals surface area contributed by atoms with Gasteiger partial charge in [0.1, 0.15) is 11.5 Å². The zero-order valence-electron chi connectivity index (χ0n) is 15.5.